The van der Waals surface area contributed by atoms with E-state index in [1.807, 2.05) is 0 Å². The maximum atomic E-state index is 5.29. The Labute approximate surface area is 42.9 Å². The zero-order valence-corrected chi connectivity index (χ0v) is 4.18. The molecule has 1 heterocycles. The maximum absolute atomic E-state index is 5.29. The van der Waals surface area contributed by atoms with Gasteiger partial charge in [0.15, 0.2) is 0 Å². The first-order valence-electron chi connectivity index (χ1n) is 2.82. The maximum Gasteiger partial charge on any atom is 0.0745 e. The van der Waals surface area contributed by atoms with E-state index in [1.54, 1.807) is 0 Å². The van der Waals surface area contributed by atoms with Crippen LogP contribution in [-0.2, 0) is 4.74 Å². The summed E-state index contributed by atoms with van der Waals surface area (Å²) in [6, 6.07) is 0.730. The molecule has 2 rings (SSSR count). The topological polar surface area (TPSA) is 21.3 Å². The Morgan fingerprint density at radius 2 is 2.57 bits per heavy atom. The van der Waals surface area contributed by atoms with Gasteiger partial charge in [0.05, 0.1) is 12.7 Å². The standard InChI is InChI=1S/C5H9NO/c1-2-7-5-3-4(5)6-1/h4-6H,1-3H2. The van der Waals surface area contributed by atoms with Gasteiger partial charge in [-0.15, -0.1) is 0 Å². The van der Waals surface area contributed by atoms with Gasteiger partial charge >= 0.3 is 0 Å². The van der Waals surface area contributed by atoms with Crippen LogP contribution in [0.4, 0.5) is 0 Å². The van der Waals surface area contributed by atoms with Crippen molar-refractivity contribution < 1.29 is 4.74 Å². The van der Waals surface area contributed by atoms with Crippen LogP contribution in [0.2, 0.25) is 0 Å². The Bertz CT molecular complexity index is 74.1. The Balaban J connectivity index is 1.95. The lowest BCUT2D eigenvalue weighted by Gasteiger charge is -2.09. The third kappa shape index (κ3) is 0.545. The molecule has 2 aliphatic rings. The minimum Gasteiger partial charge on any atom is -0.375 e. The summed E-state index contributed by atoms with van der Waals surface area (Å²) in [6.45, 7) is 1.97. The number of fused-ring (bicyclic) bond motifs is 1. The molecule has 2 unspecified atom stereocenters. The van der Waals surface area contributed by atoms with E-state index in [1.165, 1.54) is 6.42 Å². The molecule has 1 N–H and O–H groups in total. The van der Waals surface area contributed by atoms with Gasteiger partial charge in [-0.05, 0) is 6.42 Å². The second-order valence-electron chi connectivity index (χ2n) is 2.21. The summed E-state index contributed by atoms with van der Waals surface area (Å²) in [5, 5.41) is 3.33. The van der Waals surface area contributed by atoms with Crippen LogP contribution in [0.25, 0.3) is 0 Å². The zero-order valence-electron chi connectivity index (χ0n) is 4.18. The fourth-order valence-corrected chi connectivity index (χ4v) is 1.03. The molecule has 2 heteroatoms. The molecule has 1 saturated heterocycles. The number of morpholine rings is 1. The number of hydrogen-bond donors (Lipinski definition) is 1. The number of rotatable bonds is 0. The van der Waals surface area contributed by atoms with Gasteiger partial charge in [-0.25, -0.2) is 0 Å². The molecule has 40 valence electrons. The van der Waals surface area contributed by atoms with Gasteiger partial charge in [0.2, 0.25) is 0 Å². The fourth-order valence-electron chi connectivity index (χ4n) is 1.03. The second-order valence-corrected chi connectivity index (χ2v) is 2.21. The molecule has 0 amide bonds. The minimum atomic E-state index is 0.591. The molecule has 2 fully saturated rings. The Morgan fingerprint density at radius 1 is 1.57 bits per heavy atom. The van der Waals surface area contributed by atoms with E-state index in [0.29, 0.717) is 6.10 Å². The van der Waals surface area contributed by atoms with Crippen molar-refractivity contribution in [3.8, 4) is 0 Å². The monoisotopic (exact) mass is 99.1 g/mol. The molecule has 0 spiro atoms. The predicted molar refractivity (Wildman–Crippen MR) is 26.1 cm³/mol. The van der Waals surface area contributed by atoms with Crippen molar-refractivity contribution in [2.75, 3.05) is 13.2 Å². The summed E-state index contributed by atoms with van der Waals surface area (Å²) in [4.78, 5) is 0. The highest BCUT2D eigenvalue weighted by molar-refractivity contribution is 4.96. The van der Waals surface area contributed by atoms with Crippen LogP contribution < -0.4 is 5.32 Å². The molecule has 0 radical (unpaired) electrons. The van der Waals surface area contributed by atoms with E-state index >= 15 is 0 Å². The van der Waals surface area contributed by atoms with Crippen molar-refractivity contribution in [2.24, 2.45) is 0 Å². The average molecular weight is 99.1 g/mol. The predicted octanol–water partition coefficient (Wildman–Crippen LogP) is -0.253. The van der Waals surface area contributed by atoms with Gasteiger partial charge < -0.3 is 10.1 Å². The lowest BCUT2D eigenvalue weighted by atomic mass is 10.5. The molecular formula is C5H9NO. The third-order valence-corrected chi connectivity index (χ3v) is 1.57. The number of ether oxygens (including phenoxy) is 1. The molecule has 0 aromatic heterocycles. The molecule has 0 aromatic carbocycles. The highest BCUT2D eigenvalue weighted by Crippen LogP contribution is 2.26. The van der Waals surface area contributed by atoms with E-state index in [2.05, 4.69) is 5.32 Å². The van der Waals surface area contributed by atoms with E-state index in [-0.39, 0.29) is 0 Å². The van der Waals surface area contributed by atoms with E-state index < -0.39 is 0 Å². The van der Waals surface area contributed by atoms with E-state index in [0.717, 1.165) is 19.2 Å². The summed E-state index contributed by atoms with van der Waals surface area (Å²) in [6.07, 6.45) is 1.84. The van der Waals surface area contributed by atoms with Gasteiger partial charge in [0.25, 0.3) is 0 Å². The summed E-state index contributed by atoms with van der Waals surface area (Å²) >= 11 is 0. The molecule has 0 aromatic rings. The summed E-state index contributed by atoms with van der Waals surface area (Å²) in [5.74, 6) is 0. The molecule has 1 saturated carbocycles. The van der Waals surface area contributed by atoms with Crippen molar-refractivity contribution >= 4 is 0 Å². The lowest BCUT2D eigenvalue weighted by molar-refractivity contribution is 0.0922. The molecule has 1 aliphatic carbocycles. The van der Waals surface area contributed by atoms with Crippen LogP contribution in [0.15, 0.2) is 0 Å². The summed E-state index contributed by atoms with van der Waals surface area (Å²) in [7, 11) is 0. The van der Waals surface area contributed by atoms with Crippen LogP contribution in [0.1, 0.15) is 6.42 Å². The summed E-state index contributed by atoms with van der Waals surface area (Å²) in [5.41, 5.74) is 0. The number of hydrogen-bond acceptors (Lipinski definition) is 2. The molecule has 1 aliphatic heterocycles. The zero-order chi connectivity index (χ0) is 4.69. The SMILES string of the molecule is C1COC2CC2N1. The van der Waals surface area contributed by atoms with Crippen molar-refractivity contribution in [2.45, 2.75) is 18.6 Å². The van der Waals surface area contributed by atoms with Crippen molar-refractivity contribution in [3.05, 3.63) is 0 Å². The Kier molecular flexibility index (Phi) is 0.664. The molecule has 0 bridgehead atoms. The van der Waals surface area contributed by atoms with Gasteiger partial charge in [-0.3, -0.25) is 0 Å². The van der Waals surface area contributed by atoms with Crippen molar-refractivity contribution in [1.29, 1.82) is 0 Å². The highest BCUT2D eigenvalue weighted by Gasteiger charge is 2.39. The van der Waals surface area contributed by atoms with Crippen LogP contribution >= 0.6 is 0 Å². The van der Waals surface area contributed by atoms with Gasteiger partial charge in [0.1, 0.15) is 0 Å². The Hall–Kier alpha value is -0.0800. The first-order valence-corrected chi connectivity index (χ1v) is 2.82. The van der Waals surface area contributed by atoms with Gasteiger partial charge in [0, 0.05) is 12.6 Å². The average Bonchev–Trinajstić information content (AvgIpc) is 2.41. The van der Waals surface area contributed by atoms with Gasteiger partial charge in [-0.1, -0.05) is 0 Å². The molecular weight excluding hydrogens is 90.1 g/mol. The van der Waals surface area contributed by atoms with Crippen LogP contribution in [0, 0.1) is 0 Å². The lowest BCUT2D eigenvalue weighted by Crippen LogP contribution is -2.30. The number of nitrogens with one attached hydrogen (secondary N) is 1. The first kappa shape index (κ1) is 3.87. The smallest absolute Gasteiger partial charge is 0.0745 e. The largest absolute Gasteiger partial charge is 0.375 e. The highest BCUT2D eigenvalue weighted by atomic mass is 16.5. The second kappa shape index (κ2) is 1.20. The quantitative estimate of drug-likeness (QED) is 0.452. The van der Waals surface area contributed by atoms with Crippen molar-refractivity contribution in [1.82, 2.24) is 5.32 Å². The fraction of sp³-hybridized carbons (Fsp3) is 1.00. The van der Waals surface area contributed by atoms with Gasteiger partial charge in [-0.2, -0.15) is 0 Å². The van der Waals surface area contributed by atoms with Crippen LogP contribution in [0.3, 0.4) is 0 Å². The van der Waals surface area contributed by atoms with E-state index in [9.17, 15) is 0 Å². The van der Waals surface area contributed by atoms with Crippen molar-refractivity contribution in [3.63, 3.8) is 0 Å². The first-order chi connectivity index (χ1) is 3.47. The molecule has 7 heavy (non-hydrogen) atoms. The van der Waals surface area contributed by atoms with Crippen LogP contribution in [-0.4, -0.2) is 25.3 Å². The van der Waals surface area contributed by atoms with Crippen LogP contribution in [0.5, 0.6) is 0 Å². The Morgan fingerprint density at radius 3 is 3.14 bits per heavy atom. The normalized spacial score (nSPS) is 48.0. The summed E-state index contributed by atoms with van der Waals surface area (Å²) < 4.78 is 5.29. The van der Waals surface area contributed by atoms with E-state index in [4.69, 9.17) is 4.74 Å². The third-order valence-electron chi connectivity index (χ3n) is 1.57. The minimum absolute atomic E-state index is 0.591. The molecule has 2 nitrogen and oxygen atoms in total. The molecule has 2 atom stereocenters.